The molecule has 3 N–H and O–H groups in total. The summed E-state index contributed by atoms with van der Waals surface area (Å²) in [6, 6.07) is 0. The molecule has 9 nitrogen and oxygen atoms in total. The van der Waals surface area contributed by atoms with Crippen LogP contribution in [0, 0.1) is 11.8 Å². The Bertz CT molecular complexity index is 955. The van der Waals surface area contributed by atoms with Crippen molar-refractivity contribution in [2.75, 3.05) is 19.4 Å². The maximum Gasteiger partial charge on any atom is 0.471 e. The number of hydrogen-bond acceptors (Lipinski definition) is 8. The molecule has 4 atom stereocenters. The topological polar surface area (TPSA) is 123 Å². The number of hydrogen-bond donors (Lipinski definition) is 3. The fraction of sp³-hybridized carbons (Fsp3) is 0.588. The molecule has 0 saturated carbocycles. The second-order valence-electron chi connectivity index (χ2n) is 6.24. The lowest BCUT2D eigenvalue weighted by atomic mass is 10.2. The molecule has 14 heteroatoms. The van der Waals surface area contributed by atoms with Crippen LogP contribution in [0.25, 0.3) is 0 Å². The van der Waals surface area contributed by atoms with E-state index < -0.39 is 48.3 Å². The smallest absolute Gasteiger partial charge is 0.394 e. The monoisotopic (exact) mass is 483 g/mol. The van der Waals surface area contributed by atoms with Gasteiger partial charge in [0.25, 0.3) is 5.56 Å². The van der Waals surface area contributed by atoms with Crippen LogP contribution in [0.15, 0.2) is 15.8 Å². The molecule has 0 unspecified atom stereocenters. The van der Waals surface area contributed by atoms with Crippen LogP contribution in [0.3, 0.4) is 0 Å². The van der Waals surface area contributed by atoms with E-state index in [0.29, 0.717) is 0 Å². The number of H-pyrrole nitrogens is 1. The highest BCUT2D eigenvalue weighted by Crippen LogP contribution is 2.33. The third kappa shape index (κ3) is 7.04. The Morgan fingerprint density at radius 2 is 2.23 bits per heavy atom. The maximum absolute atomic E-state index is 12.2. The number of rotatable bonds is 7. The van der Waals surface area contributed by atoms with E-state index >= 15 is 0 Å². The number of ether oxygens (including phenoxy) is 2. The summed E-state index contributed by atoms with van der Waals surface area (Å²) in [7, 11) is 2.98. The molecule has 1 saturated heterocycles. The fourth-order valence-corrected chi connectivity index (χ4v) is 4.14. The van der Waals surface area contributed by atoms with Gasteiger partial charge in [-0.3, -0.25) is 19.1 Å². The summed E-state index contributed by atoms with van der Waals surface area (Å²) in [5.41, 5.74) is -2.03. The van der Waals surface area contributed by atoms with Gasteiger partial charge in [0.2, 0.25) is 0 Å². The molecule has 0 aliphatic carbocycles. The predicted octanol–water partition coefficient (Wildman–Crippen LogP) is 0.589. The molecule has 0 bridgehead atoms. The Morgan fingerprint density at radius 3 is 2.84 bits per heavy atom. The third-order valence-electron chi connectivity index (χ3n) is 4.05. The summed E-state index contributed by atoms with van der Waals surface area (Å²) in [6.45, 7) is 0.839. The number of nitrogens with one attached hydrogen (secondary N) is 2. The molecule has 0 spiro atoms. The van der Waals surface area contributed by atoms with Crippen molar-refractivity contribution >= 4 is 27.5 Å². The molecule has 0 aromatic carbocycles. The van der Waals surface area contributed by atoms with E-state index in [1.807, 2.05) is 13.2 Å². The van der Waals surface area contributed by atoms with Gasteiger partial charge in [-0.1, -0.05) is 33.4 Å². The zero-order chi connectivity index (χ0) is 23.2. The van der Waals surface area contributed by atoms with Crippen LogP contribution in [0.2, 0.25) is 0 Å². The van der Waals surface area contributed by atoms with Crippen LogP contribution in [-0.2, 0) is 14.3 Å². The van der Waals surface area contributed by atoms with Crippen LogP contribution in [-0.4, -0.2) is 63.8 Å². The van der Waals surface area contributed by atoms with Crippen LogP contribution in [0.4, 0.5) is 13.2 Å². The lowest BCUT2D eigenvalue weighted by molar-refractivity contribution is -0.173. The Labute approximate surface area is 182 Å². The summed E-state index contributed by atoms with van der Waals surface area (Å²) in [5.74, 6) is 2.38. The fourth-order valence-electron chi connectivity index (χ4n) is 2.74. The summed E-state index contributed by atoms with van der Waals surface area (Å²) >= 11 is 0. The van der Waals surface area contributed by atoms with E-state index in [0.717, 1.165) is 10.8 Å². The minimum absolute atomic E-state index is 0.197. The second kappa shape index (κ2) is 11.1. The maximum atomic E-state index is 12.2. The van der Waals surface area contributed by atoms with Gasteiger partial charge in [0.05, 0.1) is 19.3 Å². The van der Waals surface area contributed by atoms with E-state index in [1.54, 1.807) is 5.32 Å². The lowest BCUT2D eigenvalue weighted by Crippen LogP contribution is -2.37. The molecule has 1 aliphatic rings. The van der Waals surface area contributed by atoms with Crippen molar-refractivity contribution in [3.8, 4) is 11.8 Å². The van der Waals surface area contributed by atoms with Crippen molar-refractivity contribution in [1.82, 2.24) is 14.9 Å². The highest BCUT2D eigenvalue weighted by molar-refractivity contribution is 8.76. The molecule has 1 aromatic rings. The van der Waals surface area contributed by atoms with Crippen LogP contribution >= 0.6 is 21.6 Å². The normalized spacial score (nSPS) is 21.9. The highest BCUT2D eigenvalue weighted by Gasteiger charge is 2.39. The number of carbonyl (C=O) groups excluding carboxylic acids is 1. The molecule has 1 aliphatic heterocycles. The Balaban J connectivity index is 2.16. The molecule has 1 amide bonds. The molecule has 0 radical (unpaired) electrons. The van der Waals surface area contributed by atoms with Gasteiger partial charge >= 0.3 is 17.8 Å². The Hall–Kier alpha value is -1.92. The van der Waals surface area contributed by atoms with E-state index in [9.17, 15) is 32.7 Å². The lowest BCUT2D eigenvalue weighted by Gasteiger charge is -2.20. The highest BCUT2D eigenvalue weighted by atomic mass is 33.1. The van der Waals surface area contributed by atoms with Gasteiger partial charge < -0.3 is 19.9 Å². The molecule has 31 heavy (non-hydrogen) atoms. The zero-order valence-electron chi connectivity index (χ0n) is 16.4. The number of aliphatic hydroxyl groups excluding tert-OH is 1. The van der Waals surface area contributed by atoms with Crippen molar-refractivity contribution in [3.63, 3.8) is 0 Å². The van der Waals surface area contributed by atoms with Crippen molar-refractivity contribution in [3.05, 3.63) is 32.6 Å². The van der Waals surface area contributed by atoms with Gasteiger partial charge in [0.1, 0.15) is 23.3 Å². The summed E-state index contributed by atoms with van der Waals surface area (Å²) in [5, 5.41) is 11.1. The minimum Gasteiger partial charge on any atom is -0.394 e. The first-order valence-corrected chi connectivity index (χ1v) is 11.5. The van der Waals surface area contributed by atoms with Gasteiger partial charge in [0, 0.05) is 12.6 Å². The molecular weight excluding hydrogens is 463 g/mol. The standard InChI is InChI=1S/C17H20F3N3O6S2/c1-9(31-30-2)28-11-6-13(29-12(11)8-24)23-7-10(14(25)22-16(23)27)4-3-5-21-15(26)17(18,19)20/h7,9,11-13,24H,5-6,8H2,1-2H3,(H,21,26)(H,22,25,27)/t9-,11+,12+,13+/m0/s1. The Morgan fingerprint density at radius 1 is 1.52 bits per heavy atom. The van der Waals surface area contributed by atoms with Crippen LogP contribution in [0.1, 0.15) is 25.1 Å². The van der Waals surface area contributed by atoms with E-state index in [2.05, 4.69) is 16.8 Å². The average molecular weight is 483 g/mol. The van der Waals surface area contributed by atoms with Crippen molar-refractivity contribution in [2.45, 2.75) is 43.4 Å². The van der Waals surface area contributed by atoms with Gasteiger partial charge in [-0.25, -0.2) is 4.79 Å². The second-order valence-corrected chi connectivity index (χ2v) is 9.01. The van der Waals surface area contributed by atoms with Gasteiger partial charge in [-0.2, -0.15) is 13.2 Å². The molecular formula is C17H20F3N3O6S2. The molecule has 172 valence electrons. The van der Waals surface area contributed by atoms with Gasteiger partial charge in [-0.15, -0.1) is 0 Å². The molecule has 2 heterocycles. The van der Waals surface area contributed by atoms with E-state index in [4.69, 9.17) is 9.47 Å². The van der Waals surface area contributed by atoms with E-state index in [-0.39, 0.29) is 24.0 Å². The molecule has 1 aromatic heterocycles. The number of halogens is 3. The van der Waals surface area contributed by atoms with E-state index in [1.165, 1.54) is 21.6 Å². The number of amides is 1. The first-order chi connectivity index (χ1) is 14.6. The van der Waals surface area contributed by atoms with Crippen LogP contribution in [0.5, 0.6) is 0 Å². The summed E-state index contributed by atoms with van der Waals surface area (Å²) in [4.78, 5) is 37.0. The number of alkyl halides is 3. The average Bonchev–Trinajstić information content (AvgIpc) is 3.08. The predicted molar refractivity (Wildman–Crippen MR) is 108 cm³/mol. The van der Waals surface area contributed by atoms with Gasteiger partial charge in [-0.05, 0) is 13.2 Å². The first kappa shape index (κ1) is 25.3. The first-order valence-electron chi connectivity index (χ1n) is 8.87. The van der Waals surface area contributed by atoms with Crippen LogP contribution < -0.4 is 16.6 Å². The molecule has 1 fully saturated rings. The van der Waals surface area contributed by atoms with Crippen molar-refractivity contribution in [2.24, 2.45) is 0 Å². The zero-order valence-corrected chi connectivity index (χ0v) is 18.0. The number of aliphatic hydroxyl groups is 1. The number of aromatic nitrogens is 2. The van der Waals surface area contributed by atoms with Gasteiger partial charge in [0.15, 0.2) is 0 Å². The number of nitrogens with zero attached hydrogens (tertiary/aromatic N) is 1. The minimum atomic E-state index is -5.04. The van der Waals surface area contributed by atoms with Crippen molar-refractivity contribution < 1.29 is 32.5 Å². The number of carbonyl (C=O) groups is 1. The number of aromatic amines is 1. The third-order valence-corrected chi connectivity index (χ3v) is 6.02. The largest absolute Gasteiger partial charge is 0.471 e. The molecule has 2 rings (SSSR count). The quantitative estimate of drug-likeness (QED) is 0.293. The summed E-state index contributed by atoms with van der Waals surface area (Å²) in [6.07, 6.45) is -3.88. The summed E-state index contributed by atoms with van der Waals surface area (Å²) < 4.78 is 49.0. The van der Waals surface area contributed by atoms with Crippen molar-refractivity contribution in [1.29, 1.82) is 0 Å². The Kier molecular flexibility index (Phi) is 9.07. The SMILES string of the molecule is CSS[C@@H](C)O[C@@H]1C[C@H](n2cc(C#CCNC(=O)C(F)(F)F)c(=O)[nH]c2=O)O[C@@H]1CO.